The maximum Gasteiger partial charge on any atom is 0.123 e. The molecule has 1 atom stereocenters. The number of rotatable bonds is 5. The molecule has 104 valence electrons. The van der Waals surface area contributed by atoms with Gasteiger partial charge in [0.2, 0.25) is 0 Å². The molecular formula is C17H17ClFN. The monoisotopic (exact) mass is 289 g/mol. The molecular weight excluding hydrogens is 273 g/mol. The molecule has 0 aliphatic heterocycles. The Morgan fingerprint density at radius 2 is 1.70 bits per heavy atom. The summed E-state index contributed by atoms with van der Waals surface area (Å²) >= 11 is 5.94. The Bertz CT molecular complexity index is 561. The highest BCUT2D eigenvalue weighted by molar-refractivity contribution is 6.30. The van der Waals surface area contributed by atoms with Crippen LogP contribution < -0.4 is 5.32 Å². The lowest BCUT2D eigenvalue weighted by atomic mass is 10.0. The molecule has 3 heteroatoms. The van der Waals surface area contributed by atoms with Crippen LogP contribution in [0.1, 0.15) is 30.0 Å². The number of nitrogens with one attached hydrogen (secondary N) is 1. The standard InChI is InChI=1S/C17H17ClFN/c18-15-7-5-14(6-8-15)17(13-3-4-13)20-11-12-1-9-16(19)10-2-12/h1-2,5-10,13,17,20H,3-4,11H2. The van der Waals surface area contributed by atoms with Crippen LogP contribution in [-0.2, 0) is 6.54 Å². The first kappa shape index (κ1) is 13.6. The van der Waals surface area contributed by atoms with Gasteiger partial charge in [-0.15, -0.1) is 0 Å². The summed E-state index contributed by atoms with van der Waals surface area (Å²) in [6.07, 6.45) is 2.54. The van der Waals surface area contributed by atoms with Crippen LogP contribution in [-0.4, -0.2) is 0 Å². The average Bonchev–Trinajstić information content (AvgIpc) is 3.28. The maximum atomic E-state index is 12.9. The smallest absolute Gasteiger partial charge is 0.123 e. The molecule has 20 heavy (non-hydrogen) atoms. The number of benzene rings is 2. The van der Waals surface area contributed by atoms with E-state index in [0.717, 1.165) is 17.1 Å². The molecule has 2 aromatic carbocycles. The Morgan fingerprint density at radius 3 is 2.30 bits per heavy atom. The molecule has 0 heterocycles. The van der Waals surface area contributed by atoms with Crippen molar-refractivity contribution in [3.8, 4) is 0 Å². The molecule has 1 aliphatic carbocycles. The molecule has 0 saturated heterocycles. The fourth-order valence-corrected chi connectivity index (χ4v) is 2.61. The molecule has 0 amide bonds. The van der Waals surface area contributed by atoms with Gasteiger partial charge in [-0.05, 0) is 54.2 Å². The lowest BCUT2D eigenvalue weighted by Crippen LogP contribution is -2.22. The van der Waals surface area contributed by atoms with Gasteiger partial charge in [0.05, 0.1) is 0 Å². The molecule has 1 unspecified atom stereocenters. The van der Waals surface area contributed by atoms with Gasteiger partial charge in [-0.2, -0.15) is 0 Å². The average molecular weight is 290 g/mol. The van der Waals surface area contributed by atoms with Crippen LogP contribution in [0.4, 0.5) is 4.39 Å². The minimum Gasteiger partial charge on any atom is -0.306 e. The van der Waals surface area contributed by atoms with Crippen LogP contribution in [0.25, 0.3) is 0 Å². The minimum absolute atomic E-state index is 0.190. The van der Waals surface area contributed by atoms with E-state index in [2.05, 4.69) is 17.4 Å². The summed E-state index contributed by atoms with van der Waals surface area (Å²) < 4.78 is 12.9. The van der Waals surface area contributed by atoms with Crippen molar-refractivity contribution in [2.24, 2.45) is 5.92 Å². The van der Waals surface area contributed by atoms with Gasteiger partial charge in [0, 0.05) is 17.6 Å². The largest absolute Gasteiger partial charge is 0.306 e. The second-order valence-corrected chi connectivity index (χ2v) is 5.81. The van der Waals surface area contributed by atoms with E-state index in [4.69, 9.17) is 11.6 Å². The zero-order chi connectivity index (χ0) is 13.9. The molecule has 0 spiro atoms. The van der Waals surface area contributed by atoms with Crippen LogP contribution in [0, 0.1) is 11.7 Å². The van der Waals surface area contributed by atoms with E-state index >= 15 is 0 Å². The molecule has 0 bridgehead atoms. The van der Waals surface area contributed by atoms with E-state index in [-0.39, 0.29) is 5.82 Å². The van der Waals surface area contributed by atoms with E-state index in [1.54, 1.807) is 0 Å². The summed E-state index contributed by atoms with van der Waals surface area (Å²) in [6, 6.07) is 15.1. The molecule has 2 aromatic rings. The molecule has 1 N–H and O–H groups in total. The topological polar surface area (TPSA) is 12.0 Å². The van der Waals surface area contributed by atoms with E-state index in [1.165, 1.54) is 30.5 Å². The van der Waals surface area contributed by atoms with Crippen molar-refractivity contribution < 1.29 is 4.39 Å². The van der Waals surface area contributed by atoms with Gasteiger partial charge in [0.15, 0.2) is 0 Å². The van der Waals surface area contributed by atoms with Crippen molar-refractivity contribution in [1.29, 1.82) is 0 Å². The van der Waals surface area contributed by atoms with Crippen LogP contribution in [0.2, 0.25) is 5.02 Å². The summed E-state index contributed by atoms with van der Waals surface area (Å²) in [7, 11) is 0. The Morgan fingerprint density at radius 1 is 1.05 bits per heavy atom. The van der Waals surface area contributed by atoms with Gasteiger partial charge < -0.3 is 5.32 Å². The van der Waals surface area contributed by atoms with Gasteiger partial charge in [0.25, 0.3) is 0 Å². The minimum atomic E-state index is -0.190. The number of hydrogen-bond acceptors (Lipinski definition) is 1. The highest BCUT2D eigenvalue weighted by atomic mass is 35.5. The third-order valence-electron chi connectivity index (χ3n) is 3.76. The van der Waals surface area contributed by atoms with Gasteiger partial charge in [-0.1, -0.05) is 35.9 Å². The maximum absolute atomic E-state index is 12.9. The first-order chi connectivity index (χ1) is 9.72. The summed E-state index contributed by atoms with van der Waals surface area (Å²) in [4.78, 5) is 0. The van der Waals surface area contributed by atoms with E-state index in [0.29, 0.717) is 12.0 Å². The lowest BCUT2D eigenvalue weighted by molar-refractivity contribution is 0.480. The predicted octanol–water partition coefficient (Wildman–Crippen LogP) is 4.72. The van der Waals surface area contributed by atoms with Crippen molar-refractivity contribution in [1.82, 2.24) is 5.32 Å². The first-order valence-corrected chi connectivity index (χ1v) is 7.33. The van der Waals surface area contributed by atoms with Crippen molar-refractivity contribution in [3.05, 3.63) is 70.5 Å². The quantitative estimate of drug-likeness (QED) is 0.840. The van der Waals surface area contributed by atoms with Crippen LogP contribution in [0.3, 0.4) is 0 Å². The fourth-order valence-electron chi connectivity index (χ4n) is 2.49. The zero-order valence-electron chi connectivity index (χ0n) is 11.2. The molecule has 1 saturated carbocycles. The van der Waals surface area contributed by atoms with Crippen molar-refractivity contribution in [2.75, 3.05) is 0 Å². The third kappa shape index (κ3) is 3.38. The van der Waals surface area contributed by atoms with Gasteiger partial charge in [-0.3, -0.25) is 0 Å². The summed E-state index contributed by atoms with van der Waals surface area (Å²) in [6.45, 7) is 0.754. The highest BCUT2D eigenvalue weighted by Gasteiger charge is 2.31. The first-order valence-electron chi connectivity index (χ1n) is 6.95. The lowest BCUT2D eigenvalue weighted by Gasteiger charge is -2.19. The van der Waals surface area contributed by atoms with Crippen LogP contribution >= 0.6 is 11.6 Å². The van der Waals surface area contributed by atoms with Crippen LogP contribution in [0.15, 0.2) is 48.5 Å². The second kappa shape index (κ2) is 5.94. The third-order valence-corrected chi connectivity index (χ3v) is 4.01. The highest BCUT2D eigenvalue weighted by Crippen LogP contribution is 2.41. The molecule has 1 aliphatic rings. The zero-order valence-corrected chi connectivity index (χ0v) is 11.9. The molecule has 1 fully saturated rings. The Balaban J connectivity index is 1.68. The second-order valence-electron chi connectivity index (χ2n) is 5.37. The van der Waals surface area contributed by atoms with Crippen molar-refractivity contribution in [2.45, 2.75) is 25.4 Å². The van der Waals surface area contributed by atoms with Crippen molar-refractivity contribution >= 4 is 11.6 Å². The molecule has 0 radical (unpaired) electrons. The number of halogens is 2. The van der Waals surface area contributed by atoms with E-state index in [1.807, 2.05) is 24.3 Å². The van der Waals surface area contributed by atoms with E-state index < -0.39 is 0 Å². The Labute approximate surface area is 123 Å². The molecule has 1 nitrogen and oxygen atoms in total. The van der Waals surface area contributed by atoms with E-state index in [9.17, 15) is 4.39 Å². The SMILES string of the molecule is Fc1ccc(CNC(c2ccc(Cl)cc2)C2CC2)cc1. The van der Waals surface area contributed by atoms with Crippen LogP contribution in [0.5, 0.6) is 0 Å². The predicted molar refractivity (Wildman–Crippen MR) is 80.2 cm³/mol. The normalized spacial score (nSPS) is 16.1. The summed E-state index contributed by atoms with van der Waals surface area (Å²) in [5.74, 6) is 0.516. The van der Waals surface area contributed by atoms with Crippen molar-refractivity contribution in [3.63, 3.8) is 0 Å². The molecule has 0 aromatic heterocycles. The molecule has 3 rings (SSSR count). The Hall–Kier alpha value is -1.38. The van der Waals surface area contributed by atoms with Gasteiger partial charge in [0.1, 0.15) is 5.82 Å². The number of hydrogen-bond donors (Lipinski definition) is 1. The van der Waals surface area contributed by atoms with Gasteiger partial charge in [-0.25, -0.2) is 4.39 Å². The Kier molecular flexibility index (Phi) is 4.04. The summed E-state index contributed by atoms with van der Waals surface area (Å²) in [5.41, 5.74) is 2.38. The summed E-state index contributed by atoms with van der Waals surface area (Å²) in [5, 5.41) is 4.35. The van der Waals surface area contributed by atoms with Gasteiger partial charge >= 0.3 is 0 Å². The fraction of sp³-hybridized carbons (Fsp3) is 0.294.